The maximum absolute atomic E-state index is 5.98. The summed E-state index contributed by atoms with van der Waals surface area (Å²) < 4.78 is 0. The van der Waals surface area contributed by atoms with Crippen molar-refractivity contribution in [2.45, 2.75) is 26.3 Å². The van der Waals surface area contributed by atoms with Crippen LogP contribution in [0, 0.1) is 0 Å². The number of anilines is 1. The second kappa shape index (κ2) is 9.84. The van der Waals surface area contributed by atoms with E-state index in [1.807, 2.05) is 43.3 Å². The van der Waals surface area contributed by atoms with Crippen LogP contribution in [0.4, 0.5) is 5.69 Å². The molecule has 2 aromatic rings. The van der Waals surface area contributed by atoms with Gasteiger partial charge in [-0.2, -0.15) is 0 Å². The second-order valence-electron chi connectivity index (χ2n) is 6.44. The minimum absolute atomic E-state index is 0.0659. The van der Waals surface area contributed by atoms with Crippen molar-refractivity contribution in [1.82, 2.24) is 5.32 Å². The van der Waals surface area contributed by atoms with Gasteiger partial charge in [-0.3, -0.25) is 0 Å². The molecule has 2 rings (SSSR count). The van der Waals surface area contributed by atoms with Crippen LogP contribution in [0.5, 0.6) is 0 Å². The highest BCUT2D eigenvalue weighted by Crippen LogP contribution is 2.29. The number of hydrogen-bond acceptors (Lipinski definition) is 2. The fourth-order valence-corrected chi connectivity index (χ4v) is 3.02. The Balaban J connectivity index is 2.21. The van der Waals surface area contributed by atoms with E-state index in [-0.39, 0.29) is 6.04 Å². The molecule has 0 heterocycles. The van der Waals surface area contributed by atoms with E-state index in [2.05, 4.69) is 55.5 Å². The molecule has 0 aromatic heterocycles. The van der Waals surface area contributed by atoms with Crippen molar-refractivity contribution in [3.05, 3.63) is 102 Å². The molecule has 0 amide bonds. The molecular formula is C24H27ClN2. The molecule has 0 saturated carbocycles. The number of para-hydroxylation sites is 1. The van der Waals surface area contributed by atoms with Gasteiger partial charge in [0.2, 0.25) is 0 Å². The van der Waals surface area contributed by atoms with Gasteiger partial charge in [0.25, 0.3) is 0 Å². The minimum Gasteiger partial charge on any atom is -0.378 e. The van der Waals surface area contributed by atoms with E-state index in [9.17, 15) is 0 Å². The van der Waals surface area contributed by atoms with Gasteiger partial charge in [0.15, 0.2) is 0 Å². The number of nitrogens with one attached hydrogen (secondary N) is 2. The zero-order valence-corrected chi connectivity index (χ0v) is 16.8. The highest BCUT2D eigenvalue weighted by atomic mass is 35.5. The molecular weight excluding hydrogens is 352 g/mol. The van der Waals surface area contributed by atoms with Gasteiger partial charge in [0.05, 0.1) is 6.04 Å². The Morgan fingerprint density at radius 1 is 1.11 bits per heavy atom. The predicted octanol–water partition coefficient (Wildman–Crippen LogP) is 6.89. The van der Waals surface area contributed by atoms with Gasteiger partial charge in [-0.15, -0.1) is 0 Å². The SMILES string of the molecule is C=CNc1ccccc1/C(=C\C)CC(NC(=C)c1ccc(Cl)cc1)C(=C)C. The van der Waals surface area contributed by atoms with E-state index < -0.39 is 0 Å². The number of halogens is 1. The van der Waals surface area contributed by atoms with E-state index >= 15 is 0 Å². The largest absolute Gasteiger partial charge is 0.378 e. The molecule has 0 aliphatic heterocycles. The Morgan fingerprint density at radius 2 is 1.78 bits per heavy atom. The Labute approximate surface area is 168 Å². The first-order chi connectivity index (χ1) is 13.0. The Morgan fingerprint density at radius 3 is 2.37 bits per heavy atom. The van der Waals surface area contributed by atoms with Crippen LogP contribution in [0.15, 0.2) is 86.1 Å². The van der Waals surface area contributed by atoms with Crippen molar-refractivity contribution in [2.75, 3.05) is 5.32 Å². The van der Waals surface area contributed by atoms with Crippen LogP contribution in [-0.2, 0) is 0 Å². The molecule has 1 unspecified atom stereocenters. The molecule has 140 valence electrons. The molecule has 27 heavy (non-hydrogen) atoms. The summed E-state index contributed by atoms with van der Waals surface area (Å²) in [5.41, 5.74) is 6.35. The van der Waals surface area contributed by atoms with E-state index in [1.165, 1.54) is 5.57 Å². The van der Waals surface area contributed by atoms with Crippen LogP contribution in [0.2, 0.25) is 5.02 Å². The van der Waals surface area contributed by atoms with Crippen molar-refractivity contribution in [3.8, 4) is 0 Å². The number of rotatable bonds is 9. The lowest BCUT2D eigenvalue weighted by Gasteiger charge is -2.24. The molecule has 0 spiro atoms. The van der Waals surface area contributed by atoms with Gasteiger partial charge in [-0.1, -0.05) is 73.3 Å². The maximum Gasteiger partial charge on any atom is 0.0508 e. The highest BCUT2D eigenvalue weighted by molar-refractivity contribution is 6.30. The summed E-state index contributed by atoms with van der Waals surface area (Å²) in [6.45, 7) is 16.2. The quantitative estimate of drug-likeness (QED) is 0.464. The van der Waals surface area contributed by atoms with Gasteiger partial charge < -0.3 is 10.6 Å². The molecule has 0 aliphatic rings. The van der Waals surface area contributed by atoms with Crippen LogP contribution in [0.25, 0.3) is 11.3 Å². The van der Waals surface area contributed by atoms with E-state index in [1.54, 1.807) is 6.20 Å². The third-order valence-electron chi connectivity index (χ3n) is 4.44. The lowest BCUT2D eigenvalue weighted by atomic mass is 9.93. The molecule has 2 N–H and O–H groups in total. The average Bonchev–Trinajstić information content (AvgIpc) is 2.66. The fourth-order valence-electron chi connectivity index (χ4n) is 2.90. The smallest absolute Gasteiger partial charge is 0.0508 e. The molecule has 1 atom stereocenters. The van der Waals surface area contributed by atoms with E-state index in [0.717, 1.165) is 34.5 Å². The Kier molecular flexibility index (Phi) is 7.51. The van der Waals surface area contributed by atoms with Crippen LogP contribution < -0.4 is 10.6 Å². The van der Waals surface area contributed by atoms with Gasteiger partial charge in [0, 0.05) is 22.0 Å². The summed E-state index contributed by atoms with van der Waals surface area (Å²) in [5, 5.41) is 7.45. The first-order valence-electron chi connectivity index (χ1n) is 8.95. The summed E-state index contributed by atoms with van der Waals surface area (Å²) in [7, 11) is 0. The molecule has 0 aliphatic carbocycles. The van der Waals surface area contributed by atoms with Crippen LogP contribution in [0.1, 0.15) is 31.4 Å². The molecule has 0 radical (unpaired) electrons. The fraction of sp³-hybridized carbons (Fsp3) is 0.167. The predicted molar refractivity (Wildman–Crippen MR) is 121 cm³/mol. The van der Waals surface area contributed by atoms with Gasteiger partial charge in [-0.25, -0.2) is 0 Å². The van der Waals surface area contributed by atoms with Gasteiger partial charge in [0.1, 0.15) is 0 Å². The van der Waals surface area contributed by atoms with E-state index in [0.29, 0.717) is 5.02 Å². The first kappa shape index (κ1) is 20.6. The summed E-state index contributed by atoms with van der Waals surface area (Å²) in [5.74, 6) is 0. The monoisotopic (exact) mass is 378 g/mol. The molecule has 0 fully saturated rings. The van der Waals surface area contributed by atoms with Crippen LogP contribution >= 0.6 is 11.6 Å². The summed E-state index contributed by atoms with van der Waals surface area (Å²) >= 11 is 5.98. The normalized spacial score (nSPS) is 12.2. The van der Waals surface area contributed by atoms with Crippen molar-refractivity contribution in [1.29, 1.82) is 0 Å². The number of allylic oxidation sites excluding steroid dienone is 1. The zero-order chi connectivity index (χ0) is 19.8. The summed E-state index contributed by atoms with van der Waals surface area (Å²) in [6, 6.07) is 16.0. The minimum atomic E-state index is 0.0659. The molecule has 2 nitrogen and oxygen atoms in total. The molecule has 2 aromatic carbocycles. The number of hydrogen-bond donors (Lipinski definition) is 2. The summed E-state index contributed by atoms with van der Waals surface area (Å²) in [6.07, 6.45) is 4.64. The van der Waals surface area contributed by atoms with Crippen molar-refractivity contribution in [2.24, 2.45) is 0 Å². The van der Waals surface area contributed by atoms with Gasteiger partial charge in [-0.05, 0) is 55.8 Å². The van der Waals surface area contributed by atoms with Crippen molar-refractivity contribution < 1.29 is 0 Å². The Hall–Kier alpha value is -2.71. The summed E-state index contributed by atoms with van der Waals surface area (Å²) in [4.78, 5) is 0. The number of benzene rings is 2. The lowest BCUT2D eigenvalue weighted by Crippen LogP contribution is -2.28. The lowest BCUT2D eigenvalue weighted by molar-refractivity contribution is 0.697. The molecule has 0 saturated heterocycles. The zero-order valence-electron chi connectivity index (χ0n) is 16.1. The highest BCUT2D eigenvalue weighted by Gasteiger charge is 2.16. The Bertz CT molecular complexity index is 847. The average molecular weight is 379 g/mol. The topological polar surface area (TPSA) is 24.1 Å². The third kappa shape index (κ3) is 5.63. The third-order valence-corrected chi connectivity index (χ3v) is 4.69. The molecule has 3 heteroatoms. The van der Waals surface area contributed by atoms with E-state index in [4.69, 9.17) is 11.6 Å². The van der Waals surface area contributed by atoms with Crippen molar-refractivity contribution >= 4 is 28.6 Å². The second-order valence-corrected chi connectivity index (χ2v) is 6.88. The van der Waals surface area contributed by atoms with Crippen LogP contribution in [-0.4, -0.2) is 6.04 Å². The van der Waals surface area contributed by atoms with Gasteiger partial charge >= 0.3 is 0 Å². The molecule has 0 bridgehead atoms. The van der Waals surface area contributed by atoms with Crippen molar-refractivity contribution in [3.63, 3.8) is 0 Å². The first-order valence-corrected chi connectivity index (χ1v) is 9.32. The van der Waals surface area contributed by atoms with Crippen LogP contribution in [0.3, 0.4) is 0 Å². The standard InChI is InChI=1S/C24H27ClN2/c1-6-19(22-10-8-9-11-23(22)26-7-2)16-24(17(3)4)27-18(5)20-12-14-21(25)15-13-20/h6-15,24,26-27H,2-3,5,16H2,1,4H3/b19-6-. The maximum atomic E-state index is 5.98.